The highest BCUT2D eigenvalue weighted by molar-refractivity contribution is 6.31. The van der Waals surface area contributed by atoms with Crippen molar-refractivity contribution < 1.29 is 13.9 Å². The van der Waals surface area contributed by atoms with Crippen molar-refractivity contribution in [3.63, 3.8) is 0 Å². The van der Waals surface area contributed by atoms with Crippen LogP contribution >= 0.6 is 11.6 Å². The van der Waals surface area contributed by atoms with Crippen molar-refractivity contribution in [2.24, 2.45) is 0 Å². The van der Waals surface area contributed by atoms with Gasteiger partial charge in [-0.1, -0.05) is 29.8 Å². The number of nitrogens with zero attached hydrogens (tertiary/aromatic N) is 3. The molecule has 1 aliphatic rings. The maximum atomic E-state index is 14.6. The maximum Gasteiger partial charge on any atom is 0.227 e. The maximum absolute atomic E-state index is 14.6. The summed E-state index contributed by atoms with van der Waals surface area (Å²) in [6, 6.07) is 20.0. The van der Waals surface area contributed by atoms with E-state index in [2.05, 4.69) is 0 Å². The van der Waals surface area contributed by atoms with Crippen LogP contribution in [0.25, 0.3) is 11.0 Å². The van der Waals surface area contributed by atoms with Crippen molar-refractivity contribution >= 4 is 34.2 Å². The number of rotatable bonds is 6. The van der Waals surface area contributed by atoms with Gasteiger partial charge in [0.15, 0.2) is 0 Å². The quantitative estimate of drug-likeness (QED) is 0.363. The zero-order valence-corrected chi connectivity index (χ0v) is 18.9. The summed E-state index contributed by atoms with van der Waals surface area (Å²) in [6.45, 7) is 3.27. The first-order chi connectivity index (χ1) is 16.0. The summed E-state index contributed by atoms with van der Waals surface area (Å²) in [6.07, 6.45) is 0.335. The third-order valence-electron chi connectivity index (χ3n) is 6.01. The van der Waals surface area contributed by atoms with E-state index in [0.717, 1.165) is 28.3 Å². The molecule has 7 heteroatoms. The largest absolute Gasteiger partial charge is 0.494 e. The Morgan fingerprint density at radius 3 is 2.64 bits per heavy atom. The van der Waals surface area contributed by atoms with E-state index in [4.69, 9.17) is 21.3 Å². The molecule has 1 unspecified atom stereocenters. The highest BCUT2D eigenvalue weighted by Crippen LogP contribution is 2.35. The van der Waals surface area contributed by atoms with E-state index >= 15 is 0 Å². The fourth-order valence-corrected chi connectivity index (χ4v) is 4.66. The fraction of sp³-hybridized carbons (Fsp3) is 0.231. The zero-order chi connectivity index (χ0) is 22.9. The molecular formula is C26H23ClFN3O2. The first-order valence-electron chi connectivity index (χ1n) is 11.0. The van der Waals surface area contributed by atoms with Crippen molar-refractivity contribution in [2.75, 3.05) is 18.1 Å². The molecule has 0 spiro atoms. The molecule has 1 aliphatic heterocycles. The Balaban J connectivity index is 1.50. The van der Waals surface area contributed by atoms with Gasteiger partial charge in [0.2, 0.25) is 5.91 Å². The number of hydrogen-bond acceptors (Lipinski definition) is 3. The molecule has 3 aromatic carbocycles. The van der Waals surface area contributed by atoms with Gasteiger partial charge in [-0.25, -0.2) is 9.37 Å². The summed E-state index contributed by atoms with van der Waals surface area (Å²) in [4.78, 5) is 19.6. The molecule has 1 saturated heterocycles. The summed E-state index contributed by atoms with van der Waals surface area (Å²) in [7, 11) is 0. The summed E-state index contributed by atoms with van der Waals surface area (Å²) in [5.74, 6) is 1.09. The second-order valence-corrected chi connectivity index (χ2v) is 8.48. The lowest BCUT2D eigenvalue weighted by Gasteiger charge is -2.18. The van der Waals surface area contributed by atoms with Crippen molar-refractivity contribution in [1.82, 2.24) is 9.55 Å². The number of aromatic nitrogens is 2. The number of imidazole rings is 1. The SMILES string of the molecule is CCOc1ccc(N2CC(c3nc4ccccc4n3Cc3c(F)cccc3Cl)CC2=O)cc1. The molecule has 1 amide bonds. The molecule has 33 heavy (non-hydrogen) atoms. The topological polar surface area (TPSA) is 47.4 Å². The van der Waals surface area contributed by atoms with E-state index in [0.29, 0.717) is 30.2 Å². The number of ether oxygens (including phenoxy) is 1. The molecule has 0 saturated carbocycles. The van der Waals surface area contributed by atoms with E-state index in [9.17, 15) is 9.18 Å². The monoisotopic (exact) mass is 463 g/mol. The average Bonchev–Trinajstić information content (AvgIpc) is 3.38. The second kappa shape index (κ2) is 8.87. The third kappa shape index (κ3) is 4.07. The van der Waals surface area contributed by atoms with Gasteiger partial charge >= 0.3 is 0 Å². The Morgan fingerprint density at radius 1 is 1.09 bits per heavy atom. The van der Waals surface area contributed by atoms with Crippen molar-refractivity contribution in [2.45, 2.75) is 25.8 Å². The Kier molecular flexibility index (Phi) is 5.77. The van der Waals surface area contributed by atoms with Crippen molar-refractivity contribution in [3.05, 3.63) is 89.0 Å². The van der Waals surface area contributed by atoms with Crippen LogP contribution in [0.1, 0.15) is 30.7 Å². The van der Waals surface area contributed by atoms with E-state index in [1.165, 1.54) is 6.07 Å². The van der Waals surface area contributed by atoms with Gasteiger partial charge in [0.25, 0.3) is 0 Å². The van der Waals surface area contributed by atoms with Gasteiger partial charge in [0.1, 0.15) is 17.4 Å². The van der Waals surface area contributed by atoms with Crippen LogP contribution in [0.4, 0.5) is 10.1 Å². The lowest BCUT2D eigenvalue weighted by atomic mass is 10.1. The minimum absolute atomic E-state index is 0.0340. The van der Waals surface area contributed by atoms with Crippen LogP contribution < -0.4 is 9.64 Å². The molecule has 5 nitrogen and oxygen atoms in total. The molecule has 168 valence electrons. The van der Waals surface area contributed by atoms with E-state index in [1.54, 1.807) is 17.0 Å². The number of amides is 1. The van der Waals surface area contributed by atoms with Gasteiger partial charge in [0.05, 0.1) is 24.2 Å². The number of fused-ring (bicyclic) bond motifs is 1. The van der Waals surface area contributed by atoms with Gasteiger partial charge in [0, 0.05) is 35.2 Å². The molecule has 1 aromatic heterocycles. The number of hydrogen-bond donors (Lipinski definition) is 0. The Bertz CT molecular complexity index is 1300. The molecule has 5 rings (SSSR count). The molecule has 1 atom stereocenters. The molecule has 1 fully saturated rings. The average molecular weight is 464 g/mol. The zero-order valence-electron chi connectivity index (χ0n) is 18.2. The smallest absolute Gasteiger partial charge is 0.227 e. The van der Waals surface area contributed by atoms with Crippen LogP contribution in [0.2, 0.25) is 5.02 Å². The Hall–Kier alpha value is -3.38. The molecule has 4 aromatic rings. The molecular weight excluding hydrogens is 441 g/mol. The lowest BCUT2D eigenvalue weighted by Crippen LogP contribution is -2.24. The number of carbonyl (C=O) groups excluding carboxylic acids is 1. The molecule has 0 bridgehead atoms. The Labute approximate surface area is 196 Å². The van der Waals surface area contributed by atoms with Crippen LogP contribution in [0.15, 0.2) is 66.7 Å². The summed E-state index contributed by atoms with van der Waals surface area (Å²) in [5.41, 5.74) is 2.94. The van der Waals surface area contributed by atoms with E-state index in [1.807, 2.05) is 60.0 Å². The van der Waals surface area contributed by atoms with Crippen LogP contribution in [-0.2, 0) is 11.3 Å². The van der Waals surface area contributed by atoms with Gasteiger partial charge in [-0.3, -0.25) is 4.79 Å². The second-order valence-electron chi connectivity index (χ2n) is 8.08. The van der Waals surface area contributed by atoms with Crippen LogP contribution in [-0.4, -0.2) is 28.6 Å². The minimum atomic E-state index is -0.357. The van der Waals surface area contributed by atoms with Crippen LogP contribution in [0.5, 0.6) is 5.75 Å². The molecule has 0 aliphatic carbocycles. The normalized spacial score (nSPS) is 16.0. The number of halogens is 2. The highest BCUT2D eigenvalue weighted by atomic mass is 35.5. The van der Waals surface area contributed by atoms with Crippen LogP contribution in [0.3, 0.4) is 0 Å². The van der Waals surface area contributed by atoms with Gasteiger partial charge < -0.3 is 14.2 Å². The summed E-state index contributed by atoms with van der Waals surface area (Å²) in [5, 5.41) is 0.372. The van der Waals surface area contributed by atoms with Gasteiger partial charge in [-0.15, -0.1) is 0 Å². The summed E-state index contributed by atoms with van der Waals surface area (Å²) < 4.78 is 22.1. The Morgan fingerprint density at radius 2 is 1.88 bits per heavy atom. The predicted octanol–water partition coefficient (Wildman–Crippen LogP) is 5.80. The molecule has 2 heterocycles. The number of anilines is 1. The van der Waals surface area contributed by atoms with Gasteiger partial charge in [-0.05, 0) is 55.5 Å². The lowest BCUT2D eigenvalue weighted by molar-refractivity contribution is -0.117. The molecule has 0 N–H and O–H groups in total. The van der Waals surface area contributed by atoms with Gasteiger partial charge in [-0.2, -0.15) is 0 Å². The van der Waals surface area contributed by atoms with Crippen molar-refractivity contribution in [1.29, 1.82) is 0 Å². The van der Waals surface area contributed by atoms with Crippen LogP contribution in [0, 0.1) is 5.82 Å². The first kappa shape index (κ1) is 21.5. The standard InChI is InChI=1S/C26H23ClFN3O2/c1-2-33-19-12-10-18(11-13-19)30-15-17(14-25(30)32)26-29-23-8-3-4-9-24(23)31(26)16-20-21(27)6-5-7-22(20)28/h3-13,17H,2,14-16H2,1H3. The number of para-hydroxylation sites is 2. The minimum Gasteiger partial charge on any atom is -0.494 e. The van der Waals surface area contributed by atoms with E-state index in [-0.39, 0.29) is 24.2 Å². The third-order valence-corrected chi connectivity index (χ3v) is 6.37. The van der Waals surface area contributed by atoms with Crippen molar-refractivity contribution in [3.8, 4) is 5.75 Å². The predicted molar refractivity (Wildman–Crippen MR) is 128 cm³/mol. The van der Waals surface area contributed by atoms with E-state index < -0.39 is 0 Å². The fourth-order valence-electron chi connectivity index (χ4n) is 4.43. The highest BCUT2D eigenvalue weighted by Gasteiger charge is 2.35. The number of carbonyl (C=O) groups is 1. The number of benzene rings is 3. The first-order valence-corrected chi connectivity index (χ1v) is 11.3. The molecule has 0 radical (unpaired) electrons. The summed E-state index contributed by atoms with van der Waals surface area (Å²) >= 11 is 6.32.